The van der Waals surface area contributed by atoms with Crippen LogP contribution in [0.1, 0.15) is 42.8 Å². The van der Waals surface area contributed by atoms with Crippen LogP contribution in [0.15, 0.2) is 12.3 Å². The first kappa shape index (κ1) is 18.9. The van der Waals surface area contributed by atoms with Crippen LogP contribution < -0.4 is 10.2 Å². The van der Waals surface area contributed by atoms with Crippen molar-refractivity contribution in [1.29, 1.82) is 0 Å². The van der Waals surface area contributed by atoms with Gasteiger partial charge >= 0.3 is 0 Å². The lowest BCUT2D eigenvalue weighted by Gasteiger charge is -2.31. The first-order valence-electron chi connectivity index (χ1n) is 10.6. The van der Waals surface area contributed by atoms with E-state index in [0.717, 1.165) is 85.5 Å². The molecule has 3 fully saturated rings. The van der Waals surface area contributed by atoms with Gasteiger partial charge in [0.2, 0.25) is 11.9 Å². The number of carbonyl (C=O) groups is 1. The van der Waals surface area contributed by atoms with Crippen LogP contribution in [0.25, 0.3) is 10.6 Å². The molecule has 7 nitrogen and oxygen atoms in total. The average Bonchev–Trinajstić information content (AvgIpc) is 3.45. The number of aryl methyl sites for hydroxylation is 2. The number of anilines is 1. The first-order valence-corrected chi connectivity index (χ1v) is 11.5. The summed E-state index contributed by atoms with van der Waals surface area (Å²) >= 11 is 1.67. The standard InChI is InChI=1S/C21H28N6OS/c1-14-18(29-15(2)23-14)17-5-9-22-20(25-17)26-12-6-16(13-26)24-19(28)21-7-3-10-27(21)11-4-8-21/h5,9,16H,3-4,6-8,10-13H2,1-2H3,(H,24,28). The number of hydrogen-bond donors (Lipinski definition) is 1. The summed E-state index contributed by atoms with van der Waals surface area (Å²) in [6.45, 7) is 7.82. The van der Waals surface area contributed by atoms with Crippen molar-refractivity contribution in [2.75, 3.05) is 31.1 Å². The lowest BCUT2D eigenvalue weighted by atomic mass is 9.92. The summed E-state index contributed by atoms with van der Waals surface area (Å²) in [6, 6.07) is 2.12. The molecule has 0 bridgehead atoms. The molecule has 3 aliphatic rings. The van der Waals surface area contributed by atoms with E-state index in [1.54, 1.807) is 11.3 Å². The molecule has 1 atom stereocenters. The van der Waals surface area contributed by atoms with Gasteiger partial charge in [-0.25, -0.2) is 15.0 Å². The third-order valence-corrected chi connectivity index (χ3v) is 7.75. The molecule has 29 heavy (non-hydrogen) atoms. The number of rotatable bonds is 4. The van der Waals surface area contributed by atoms with Crippen molar-refractivity contribution < 1.29 is 4.79 Å². The maximum Gasteiger partial charge on any atom is 0.240 e. The maximum absolute atomic E-state index is 13.1. The Morgan fingerprint density at radius 1 is 1.21 bits per heavy atom. The largest absolute Gasteiger partial charge is 0.350 e. The van der Waals surface area contributed by atoms with Gasteiger partial charge in [-0.1, -0.05) is 0 Å². The summed E-state index contributed by atoms with van der Waals surface area (Å²) in [7, 11) is 0. The average molecular weight is 413 g/mol. The van der Waals surface area contributed by atoms with Crippen LogP contribution in [0, 0.1) is 13.8 Å². The molecule has 5 heterocycles. The highest BCUT2D eigenvalue weighted by Gasteiger charge is 2.50. The van der Waals surface area contributed by atoms with Gasteiger partial charge in [-0.2, -0.15) is 0 Å². The normalized spacial score (nSPS) is 23.5. The zero-order valence-electron chi connectivity index (χ0n) is 17.1. The Balaban J connectivity index is 1.27. The Morgan fingerprint density at radius 2 is 2.00 bits per heavy atom. The predicted octanol–water partition coefficient (Wildman–Crippen LogP) is 2.54. The van der Waals surface area contributed by atoms with Crippen molar-refractivity contribution in [3.63, 3.8) is 0 Å². The molecule has 0 saturated carbocycles. The van der Waals surface area contributed by atoms with Crippen molar-refractivity contribution in [2.24, 2.45) is 0 Å². The lowest BCUT2D eigenvalue weighted by molar-refractivity contribution is -0.131. The number of aromatic nitrogens is 3. The number of carbonyl (C=O) groups excluding carboxylic acids is 1. The summed E-state index contributed by atoms with van der Waals surface area (Å²) in [5.41, 5.74) is 1.71. The highest BCUT2D eigenvalue weighted by Crippen LogP contribution is 2.39. The Kier molecular flexibility index (Phi) is 4.78. The molecule has 3 saturated heterocycles. The second-order valence-electron chi connectivity index (χ2n) is 8.52. The Labute approximate surface area is 175 Å². The van der Waals surface area contributed by atoms with Gasteiger partial charge in [0.25, 0.3) is 0 Å². The molecule has 0 aliphatic carbocycles. The van der Waals surface area contributed by atoms with Gasteiger partial charge in [0, 0.05) is 25.3 Å². The Morgan fingerprint density at radius 3 is 2.72 bits per heavy atom. The van der Waals surface area contributed by atoms with Crippen LogP contribution in [0.4, 0.5) is 5.95 Å². The van der Waals surface area contributed by atoms with Gasteiger partial charge in [0.15, 0.2) is 0 Å². The Bertz CT molecular complexity index is 918. The van der Waals surface area contributed by atoms with E-state index in [2.05, 4.69) is 25.1 Å². The topological polar surface area (TPSA) is 74.2 Å². The van der Waals surface area contributed by atoms with E-state index in [1.807, 2.05) is 26.1 Å². The van der Waals surface area contributed by atoms with Crippen LogP contribution in [0.5, 0.6) is 0 Å². The first-order chi connectivity index (χ1) is 14.0. The van der Waals surface area contributed by atoms with E-state index >= 15 is 0 Å². The summed E-state index contributed by atoms with van der Waals surface area (Å²) in [5, 5.41) is 4.41. The molecule has 2 aromatic rings. The maximum atomic E-state index is 13.1. The van der Waals surface area contributed by atoms with E-state index in [4.69, 9.17) is 4.98 Å². The minimum atomic E-state index is -0.231. The molecule has 1 amide bonds. The van der Waals surface area contributed by atoms with Crippen molar-refractivity contribution in [3.05, 3.63) is 23.0 Å². The fraction of sp³-hybridized carbons (Fsp3) is 0.619. The van der Waals surface area contributed by atoms with Crippen LogP contribution in [0.3, 0.4) is 0 Å². The molecule has 154 valence electrons. The zero-order valence-corrected chi connectivity index (χ0v) is 18.0. The highest BCUT2D eigenvalue weighted by atomic mass is 32.1. The van der Waals surface area contributed by atoms with Crippen molar-refractivity contribution >= 4 is 23.2 Å². The number of amides is 1. The number of nitrogens with one attached hydrogen (secondary N) is 1. The lowest BCUT2D eigenvalue weighted by Crippen LogP contribution is -2.54. The SMILES string of the molecule is Cc1nc(C)c(-c2ccnc(N3CCC(NC(=O)C45CCCN4CCC5)C3)n2)s1. The molecule has 1 unspecified atom stereocenters. The van der Waals surface area contributed by atoms with Crippen molar-refractivity contribution in [1.82, 2.24) is 25.2 Å². The third-order valence-electron chi connectivity index (χ3n) is 6.65. The molecular weight excluding hydrogens is 384 g/mol. The minimum absolute atomic E-state index is 0.166. The summed E-state index contributed by atoms with van der Waals surface area (Å²) in [5.74, 6) is 0.982. The van der Waals surface area contributed by atoms with Gasteiger partial charge in [-0.3, -0.25) is 9.69 Å². The molecule has 3 aliphatic heterocycles. The minimum Gasteiger partial charge on any atom is -0.350 e. The molecule has 8 heteroatoms. The smallest absolute Gasteiger partial charge is 0.240 e. The predicted molar refractivity (Wildman–Crippen MR) is 114 cm³/mol. The fourth-order valence-electron chi connectivity index (χ4n) is 5.25. The van der Waals surface area contributed by atoms with E-state index in [-0.39, 0.29) is 17.5 Å². The van der Waals surface area contributed by atoms with Crippen LogP contribution >= 0.6 is 11.3 Å². The van der Waals surface area contributed by atoms with Crippen molar-refractivity contribution in [3.8, 4) is 10.6 Å². The highest BCUT2D eigenvalue weighted by molar-refractivity contribution is 7.15. The molecule has 0 spiro atoms. The molecule has 1 N–H and O–H groups in total. The fourth-order valence-corrected chi connectivity index (χ4v) is 6.14. The quantitative estimate of drug-likeness (QED) is 0.832. The van der Waals surface area contributed by atoms with Gasteiger partial charge in [-0.15, -0.1) is 11.3 Å². The third kappa shape index (κ3) is 3.32. The molecule has 0 aromatic carbocycles. The van der Waals surface area contributed by atoms with Crippen LogP contribution in [-0.2, 0) is 4.79 Å². The second kappa shape index (κ2) is 7.32. The van der Waals surface area contributed by atoms with Crippen LogP contribution in [0.2, 0.25) is 0 Å². The van der Waals surface area contributed by atoms with E-state index in [0.29, 0.717) is 0 Å². The van der Waals surface area contributed by atoms with Crippen LogP contribution in [-0.4, -0.2) is 63.5 Å². The number of thiazole rings is 1. The number of nitrogens with zero attached hydrogens (tertiary/aromatic N) is 5. The van der Waals surface area contributed by atoms with Gasteiger partial charge in [0.1, 0.15) is 5.54 Å². The Hall–Kier alpha value is -2.06. The van der Waals surface area contributed by atoms with Gasteiger partial charge in [-0.05, 0) is 65.1 Å². The molecule has 2 aromatic heterocycles. The number of fused-ring (bicyclic) bond motifs is 1. The monoisotopic (exact) mass is 412 g/mol. The number of hydrogen-bond acceptors (Lipinski definition) is 7. The molecule has 0 radical (unpaired) electrons. The van der Waals surface area contributed by atoms with Gasteiger partial charge in [0.05, 0.1) is 21.3 Å². The second-order valence-corrected chi connectivity index (χ2v) is 9.72. The van der Waals surface area contributed by atoms with E-state index < -0.39 is 0 Å². The van der Waals surface area contributed by atoms with Crippen molar-refractivity contribution in [2.45, 2.75) is 57.5 Å². The van der Waals surface area contributed by atoms with E-state index in [9.17, 15) is 4.79 Å². The molecule has 5 rings (SSSR count). The van der Waals surface area contributed by atoms with E-state index in [1.165, 1.54) is 0 Å². The summed E-state index contributed by atoms with van der Waals surface area (Å²) < 4.78 is 0. The summed E-state index contributed by atoms with van der Waals surface area (Å²) in [4.78, 5) is 32.6. The molecular formula is C21H28N6OS. The van der Waals surface area contributed by atoms with Gasteiger partial charge < -0.3 is 10.2 Å². The zero-order chi connectivity index (χ0) is 20.0. The summed E-state index contributed by atoms with van der Waals surface area (Å²) in [6.07, 6.45) is 7.06.